The molecule has 0 aliphatic rings. The van der Waals surface area contributed by atoms with Gasteiger partial charge < -0.3 is 11.1 Å². The Morgan fingerprint density at radius 2 is 2.14 bits per heavy atom. The van der Waals surface area contributed by atoms with Gasteiger partial charge in [0.2, 0.25) is 5.91 Å². The molecule has 0 rings (SSSR count). The largest absolute Gasteiger partial charge is 0.355 e. The third kappa shape index (κ3) is 6.89. The van der Waals surface area contributed by atoms with Crippen molar-refractivity contribution in [3.63, 3.8) is 0 Å². The highest BCUT2D eigenvalue weighted by molar-refractivity contribution is 5.76. The monoisotopic (exact) mass is 200 g/mol. The molecule has 0 aromatic rings. The van der Waals surface area contributed by atoms with Gasteiger partial charge in [-0.2, -0.15) is 0 Å². The molecule has 14 heavy (non-hydrogen) atoms. The van der Waals surface area contributed by atoms with E-state index < -0.39 is 0 Å². The molecule has 3 nitrogen and oxygen atoms in total. The number of nitrogens with two attached hydrogens (primary N) is 1. The van der Waals surface area contributed by atoms with Crippen molar-refractivity contribution in [3.05, 3.63) is 0 Å². The number of carbonyl (C=O) groups is 1. The summed E-state index contributed by atoms with van der Waals surface area (Å²) in [6.07, 6.45) is 5.36. The first-order chi connectivity index (χ1) is 6.74. The van der Waals surface area contributed by atoms with Crippen molar-refractivity contribution in [1.29, 1.82) is 0 Å². The molecule has 0 aliphatic carbocycles. The lowest BCUT2D eigenvalue weighted by atomic mass is 9.95. The fourth-order valence-corrected chi connectivity index (χ4v) is 1.49. The number of rotatable bonds is 8. The molecule has 1 atom stereocenters. The Labute approximate surface area is 87.4 Å². The van der Waals surface area contributed by atoms with Crippen LogP contribution in [0.15, 0.2) is 0 Å². The first-order valence-electron chi connectivity index (χ1n) is 5.71. The second kappa shape index (κ2) is 9.00. The number of amides is 1. The second-order valence-electron chi connectivity index (χ2n) is 3.76. The Morgan fingerprint density at radius 3 is 2.64 bits per heavy atom. The lowest BCUT2D eigenvalue weighted by molar-refractivity contribution is -0.122. The zero-order valence-electron chi connectivity index (χ0n) is 9.51. The van der Waals surface area contributed by atoms with Crippen molar-refractivity contribution >= 4 is 5.91 Å². The highest BCUT2D eigenvalue weighted by Crippen LogP contribution is 2.16. The van der Waals surface area contributed by atoms with E-state index in [1.165, 1.54) is 19.3 Å². The maximum absolute atomic E-state index is 11.4. The van der Waals surface area contributed by atoms with Crippen LogP contribution in [0.1, 0.15) is 46.0 Å². The van der Waals surface area contributed by atoms with Crippen molar-refractivity contribution in [3.8, 4) is 0 Å². The molecule has 0 radical (unpaired) electrons. The van der Waals surface area contributed by atoms with Crippen molar-refractivity contribution in [2.45, 2.75) is 46.0 Å². The lowest BCUT2D eigenvalue weighted by Gasteiger charge is -2.13. The third-order valence-corrected chi connectivity index (χ3v) is 2.48. The standard InChI is InChI=1S/C11H24N2O/c1-3-5-6-10(4-2)9-11(14)13-8-7-12/h10H,3-9,12H2,1-2H3,(H,13,14). The van der Waals surface area contributed by atoms with E-state index in [-0.39, 0.29) is 5.91 Å². The summed E-state index contributed by atoms with van der Waals surface area (Å²) >= 11 is 0. The molecule has 3 N–H and O–H groups in total. The smallest absolute Gasteiger partial charge is 0.220 e. The zero-order chi connectivity index (χ0) is 10.8. The molecule has 0 saturated heterocycles. The van der Waals surface area contributed by atoms with Crippen molar-refractivity contribution in [2.24, 2.45) is 11.7 Å². The number of unbranched alkanes of at least 4 members (excludes halogenated alkanes) is 1. The predicted molar refractivity (Wildman–Crippen MR) is 60.0 cm³/mol. The van der Waals surface area contributed by atoms with Crippen LogP contribution in [-0.4, -0.2) is 19.0 Å². The van der Waals surface area contributed by atoms with E-state index in [2.05, 4.69) is 19.2 Å². The Kier molecular flexibility index (Phi) is 8.64. The van der Waals surface area contributed by atoms with Crippen LogP contribution in [0.4, 0.5) is 0 Å². The number of hydrogen-bond acceptors (Lipinski definition) is 2. The first-order valence-corrected chi connectivity index (χ1v) is 5.71. The SMILES string of the molecule is CCCCC(CC)CC(=O)NCCN. The van der Waals surface area contributed by atoms with Gasteiger partial charge in [0.05, 0.1) is 0 Å². The summed E-state index contributed by atoms with van der Waals surface area (Å²) in [5.41, 5.74) is 5.31. The minimum Gasteiger partial charge on any atom is -0.355 e. The molecule has 0 aromatic carbocycles. The van der Waals surface area contributed by atoms with Gasteiger partial charge >= 0.3 is 0 Å². The fraction of sp³-hybridized carbons (Fsp3) is 0.909. The maximum Gasteiger partial charge on any atom is 0.220 e. The highest BCUT2D eigenvalue weighted by Gasteiger charge is 2.10. The number of carbonyl (C=O) groups excluding carboxylic acids is 1. The van der Waals surface area contributed by atoms with Crippen LogP contribution in [-0.2, 0) is 4.79 Å². The van der Waals surface area contributed by atoms with Crippen molar-refractivity contribution in [1.82, 2.24) is 5.32 Å². The van der Waals surface area contributed by atoms with Crippen LogP contribution in [0.25, 0.3) is 0 Å². The van der Waals surface area contributed by atoms with Gasteiger partial charge in [0.25, 0.3) is 0 Å². The summed E-state index contributed by atoms with van der Waals surface area (Å²) in [7, 11) is 0. The van der Waals surface area contributed by atoms with E-state index in [0.717, 1.165) is 6.42 Å². The zero-order valence-corrected chi connectivity index (χ0v) is 9.51. The topological polar surface area (TPSA) is 55.1 Å². The molecule has 84 valence electrons. The minimum atomic E-state index is 0.151. The second-order valence-corrected chi connectivity index (χ2v) is 3.76. The first kappa shape index (κ1) is 13.4. The summed E-state index contributed by atoms with van der Waals surface area (Å²) in [5, 5.41) is 2.81. The normalized spacial score (nSPS) is 12.5. The fourth-order valence-electron chi connectivity index (χ4n) is 1.49. The van der Waals surface area contributed by atoms with E-state index in [1.807, 2.05) is 0 Å². The average molecular weight is 200 g/mol. The Bertz CT molecular complexity index is 148. The van der Waals surface area contributed by atoms with E-state index >= 15 is 0 Å². The Balaban J connectivity index is 3.62. The molecule has 1 amide bonds. The van der Waals surface area contributed by atoms with Gasteiger partial charge in [-0.25, -0.2) is 0 Å². The minimum absolute atomic E-state index is 0.151. The summed E-state index contributed by atoms with van der Waals surface area (Å²) in [6, 6.07) is 0. The quantitative estimate of drug-likeness (QED) is 0.626. The average Bonchev–Trinajstić information content (AvgIpc) is 2.21. The van der Waals surface area contributed by atoms with Gasteiger partial charge in [0.1, 0.15) is 0 Å². The Morgan fingerprint density at radius 1 is 1.43 bits per heavy atom. The van der Waals surface area contributed by atoms with Gasteiger partial charge in [0, 0.05) is 19.5 Å². The van der Waals surface area contributed by atoms with Crippen molar-refractivity contribution in [2.75, 3.05) is 13.1 Å². The predicted octanol–water partition coefficient (Wildman–Crippen LogP) is 1.67. The van der Waals surface area contributed by atoms with E-state index in [9.17, 15) is 4.79 Å². The van der Waals surface area contributed by atoms with E-state index in [4.69, 9.17) is 5.73 Å². The molecule has 0 aliphatic heterocycles. The van der Waals surface area contributed by atoms with Gasteiger partial charge in [-0.15, -0.1) is 0 Å². The molecule has 1 unspecified atom stereocenters. The molecule has 0 bridgehead atoms. The molecule has 0 saturated carbocycles. The van der Waals surface area contributed by atoms with E-state index in [0.29, 0.717) is 25.4 Å². The van der Waals surface area contributed by atoms with Gasteiger partial charge in [-0.1, -0.05) is 33.1 Å². The third-order valence-electron chi connectivity index (χ3n) is 2.48. The number of hydrogen-bond donors (Lipinski definition) is 2. The van der Waals surface area contributed by atoms with Crippen LogP contribution in [0, 0.1) is 5.92 Å². The summed E-state index contributed by atoms with van der Waals surface area (Å²) in [5.74, 6) is 0.700. The number of nitrogens with one attached hydrogen (secondary N) is 1. The summed E-state index contributed by atoms with van der Waals surface area (Å²) in [4.78, 5) is 11.4. The Hall–Kier alpha value is -0.570. The van der Waals surface area contributed by atoms with Gasteiger partial charge in [0.15, 0.2) is 0 Å². The van der Waals surface area contributed by atoms with Crippen LogP contribution < -0.4 is 11.1 Å². The van der Waals surface area contributed by atoms with Gasteiger partial charge in [-0.3, -0.25) is 4.79 Å². The summed E-state index contributed by atoms with van der Waals surface area (Å²) in [6.45, 7) is 5.46. The van der Waals surface area contributed by atoms with Crippen LogP contribution in [0.2, 0.25) is 0 Å². The van der Waals surface area contributed by atoms with E-state index in [1.54, 1.807) is 0 Å². The van der Waals surface area contributed by atoms with Crippen LogP contribution in [0.3, 0.4) is 0 Å². The van der Waals surface area contributed by atoms with Crippen LogP contribution in [0.5, 0.6) is 0 Å². The lowest BCUT2D eigenvalue weighted by Crippen LogP contribution is -2.30. The van der Waals surface area contributed by atoms with Crippen LogP contribution >= 0.6 is 0 Å². The van der Waals surface area contributed by atoms with Gasteiger partial charge in [-0.05, 0) is 12.3 Å². The molecular formula is C11H24N2O. The molecule has 0 heterocycles. The maximum atomic E-state index is 11.4. The molecular weight excluding hydrogens is 176 g/mol. The molecule has 0 spiro atoms. The van der Waals surface area contributed by atoms with Crippen molar-refractivity contribution < 1.29 is 4.79 Å². The molecule has 3 heteroatoms. The summed E-state index contributed by atoms with van der Waals surface area (Å²) < 4.78 is 0. The molecule has 0 aromatic heterocycles. The highest BCUT2D eigenvalue weighted by atomic mass is 16.1. The molecule has 0 fully saturated rings.